The average Bonchev–Trinajstić information content (AvgIpc) is 3.35. The number of aryl methyl sites for hydroxylation is 15. The highest BCUT2D eigenvalue weighted by Gasteiger charge is 2.31. The topological polar surface area (TPSA) is 55.2 Å². The molecule has 0 bridgehead atoms. The van der Waals surface area contributed by atoms with Crippen LogP contribution in [0.25, 0.3) is 21.7 Å². The van der Waals surface area contributed by atoms with Crippen LogP contribution < -0.4 is 4.74 Å². The number of nitrogens with zero attached hydrogens (tertiary/aromatic N) is 2. The zero-order valence-electron chi connectivity index (χ0n) is 48.2. The van der Waals surface area contributed by atoms with Gasteiger partial charge in [-0.15, -0.1) is 13.2 Å². The number of fused-ring (bicyclic) bond motifs is 2. The first kappa shape index (κ1) is 63.9. The highest BCUT2D eigenvalue weighted by molar-refractivity contribution is 5.85. The van der Waals surface area contributed by atoms with E-state index in [-0.39, 0.29) is 11.3 Å². The summed E-state index contributed by atoms with van der Waals surface area (Å²) in [7, 11) is 0. The Labute approximate surface area is 456 Å². The first-order valence-electron chi connectivity index (χ1n) is 25.7. The number of halogens is 5. The van der Waals surface area contributed by atoms with Crippen molar-refractivity contribution in [3.8, 4) is 11.5 Å². The van der Waals surface area contributed by atoms with Crippen LogP contribution in [0.4, 0.5) is 22.0 Å². The molecule has 0 radical (unpaired) electrons. The smallest absolute Gasteiger partial charge is 0.508 e. The van der Waals surface area contributed by atoms with Gasteiger partial charge in [0.25, 0.3) is 6.43 Å². The van der Waals surface area contributed by atoms with Crippen LogP contribution in [0.3, 0.4) is 0 Å². The second-order valence-electron chi connectivity index (χ2n) is 20.3. The molecule has 9 rings (SSSR count). The Morgan fingerprint density at radius 2 is 0.857 bits per heavy atom. The van der Waals surface area contributed by atoms with Crippen LogP contribution in [0.2, 0.25) is 0 Å². The first-order chi connectivity index (χ1) is 36.0. The van der Waals surface area contributed by atoms with E-state index in [2.05, 4.69) is 170 Å². The zero-order chi connectivity index (χ0) is 57.7. The van der Waals surface area contributed by atoms with Crippen molar-refractivity contribution in [2.24, 2.45) is 0 Å². The summed E-state index contributed by atoms with van der Waals surface area (Å²) >= 11 is 0. The Bertz CT molecular complexity index is 3160. The minimum Gasteiger partial charge on any atom is -0.508 e. The van der Waals surface area contributed by atoms with Gasteiger partial charge in [-0.1, -0.05) is 139 Å². The van der Waals surface area contributed by atoms with E-state index in [1.165, 1.54) is 83.9 Å². The van der Waals surface area contributed by atoms with Crippen molar-refractivity contribution in [3.05, 3.63) is 247 Å². The molecule has 0 atom stereocenters. The lowest BCUT2D eigenvalue weighted by molar-refractivity contribution is -0.274. The van der Waals surface area contributed by atoms with Crippen LogP contribution in [0.1, 0.15) is 121 Å². The van der Waals surface area contributed by atoms with Crippen LogP contribution in [0.5, 0.6) is 11.5 Å². The van der Waals surface area contributed by atoms with Crippen molar-refractivity contribution < 1.29 is 31.8 Å². The van der Waals surface area contributed by atoms with E-state index >= 15 is 0 Å². The van der Waals surface area contributed by atoms with Gasteiger partial charge in [0, 0.05) is 34.9 Å². The molecule has 0 fully saturated rings. The van der Waals surface area contributed by atoms with E-state index in [9.17, 15) is 22.0 Å². The van der Waals surface area contributed by atoms with Gasteiger partial charge in [-0.05, 0) is 212 Å². The van der Waals surface area contributed by atoms with E-state index in [1.54, 1.807) is 45.0 Å². The molecule has 0 saturated heterocycles. The largest absolute Gasteiger partial charge is 0.573 e. The molecule has 0 spiro atoms. The Kier molecular flexibility index (Phi) is 25.2. The van der Waals surface area contributed by atoms with Crippen molar-refractivity contribution in [2.75, 3.05) is 0 Å². The van der Waals surface area contributed by atoms with Crippen molar-refractivity contribution >= 4 is 21.7 Å². The molecule has 7 aromatic carbocycles. The molecule has 0 aliphatic heterocycles. The number of phenols is 1. The van der Waals surface area contributed by atoms with Gasteiger partial charge in [-0.3, -0.25) is 9.97 Å². The summed E-state index contributed by atoms with van der Waals surface area (Å²) in [6, 6.07) is 43.5. The average molecular weight is 1050 g/mol. The lowest BCUT2D eigenvalue weighted by Gasteiger charge is -2.11. The van der Waals surface area contributed by atoms with Gasteiger partial charge in [-0.25, -0.2) is 8.78 Å². The van der Waals surface area contributed by atoms with Crippen LogP contribution in [0, 0.1) is 104 Å². The number of pyridine rings is 2. The molecule has 0 amide bonds. The van der Waals surface area contributed by atoms with Gasteiger partial charge in [0.1, 0.15) is 11.5 Å². The Morgan fingerprint density at radius 1 is 0.403 bits per heavy atom. The van der Waals surface area contributed by atoms with Gasteiger partial charge in [0.2, 0.25) is 0 Å². The fourth-order valence-electron chi connectivity index (χ4n) is 7.72. The molecule has 4 nitrogen and oxygen atoms in total. The number of ether oxygens (including phenoxy) is 1. The number of benzene rings is 7. The van der Waals surface area contributed by atoms with Gasteiger partial charge < -0.3 is 9.84 Å². The summed E-state index contributed by atoms with van der Waals surface area (Å²) in [4.78, 5) is 8.50. The lowest BCUT2D eigenvalue weighted by atomic mass is 9.96. The maximum absolute atomic E-state index is 12.2. The van der Waals surface area contributed by atoms with E-state index in [1.807, 2.05) is 57.6 Å². The molecule has 0 aliphatic rings. The van der Waals surface area contributed by atoms with Crippen LogP contribution in [0.15, 0.2) is 152 Å². The summed E-state index contributed by atoms with van der Waals surface area (Å²) in [6.07, 6.45) is -1.25. The molecule has 2 heterocycles. The maximum atomic E-state index is 12.2. The third kappa shape index (κ3) is 22.8. The minimum atomic E-state index is -4.61. The number of alkyl halides is 5. The van der Waals surface area contributed by atoms with Crippen LogP contribution in [-0.2, 0) is 0 Å². The maximum Gasteiger partial charge on any atom is 0.573 e. The Hall–Kier alpha value is -7.39. The van der Waals surface area contributed by atoms with Crippen molar-refractivity contribution in [2.45, 2.75) is 136 Å². The fourth-order valence-corrected chi connectivity index (χ4v) is 7.72. The van der Waals surface area contributed by atoms with Gasteiger partial charge in [0.05, 0.1) is 5.52 Å². The summed E-state index contributed by atoms with van der Waals surface area (Å²) in [5.74, 6) is 0.900. The number of rotatable bonds is 3. The standard InChI is InChI=1S/2C11H11N.C11H16.C9H9F3O.C9H10F2.C9H12.C8H10O/c1-8-3-4-10-5-9(2)7-12-11(10)6-8;1-8-3-4-11-9(2)6-12-7-10(11)5-8;1-8(2)11-7-9(3)5-6-10(11)4;1-6-3-4-7(2)8(5-6)13-9(10,11)12;1-6-3-4-7(2)8(5-6)9(10)11;1-7-4-5-8(2)9(3)6-7;1-6-3-4-7(2)8(9)5-6/h2*3-7H,1-2H3;5-8H,1-4H3;3-5H,1-2H3;3-5,9H,1-2H3;4-6H,1-3H3;3-5,9H,1-2H3. The highest BCUT2D eigenvalue weighted by atomic mass is 19.4. The Morgan fingerprint density at radius 3 is 1.36 bits per heavy atom. The summed E-state index contributed by atoms with van der Waals surface area (Å²) in [5, 5.41) is 12.9. The van der Waals surface area contributed by atoms with Gasteiger partial charge >= 0.3 is 6.36 Å². The highest BCUT2D eigenvalue weighted by Crippen LogP contribution is 2.27. The number of hydrogen-bond acceptors (Lipinski definition) is 4. The second-order valence-corrected chi connectivity index (χ2v) is 20.3. The van der Waals surface area contributed by atoms with E-state index in [0.717, 1.165) is 27.8 Å². The molecule has 0 unspecified atom stereocenters. The first-order valence-corrected chi connectivity index (χ1v) is 25.7. The summed E-state index contributed by atoms with van der Waals surface area (Å²) in [6.45, 7) is 34.1. The monoisotopic (exact) mass is 1050 g/mol. The van der Waals surface area contributed by atoms with Gasteiger partial charge in [0.15, 0.2) is 0 Å². The predicted octanol–water partition coefficient (Wildman–Crippen LogP) is 20.2. The normalized spacial score (nSPS) is 10.5. The number of aromatic hydroxyl groups is 1. The molecular weight excluding hydrogens is 972 g/mol. The third-order valence-electron chi connectivity index (χ3n) is 12.4. The number of hydrogen-bond donors (Lipinski definition) is 1. The van der Waals surface area contributed by atoms with Crippen molar-refractivity contribution in [1.29, 1.82) is 0 Å². The molecule has 1 N–H and O–H groups in total. The molecule has 9 heteroatoms. The second kappa shape index (κ2) is 30.4. The van der Waals surface area contributed by atoms with E-state index in [4.69, 9.17) is 5.11 Å². The minimum absolute atomic E-state index is 0.132. The SMILES string of the molecule is Cc1ccc(C)c(C(C)C)c1.Cc1ccc(C)c(C(F)F)c1.Cc1ccc(C)c(C)c1.Cc1ccc(C)c(O)c1.Cc1ccc(C)c(OC(F)(F)F)c1.Cc1ccc2c(C)cncc2c1.Cc1cnc2cc(C)ccc2c1. The number of aromatic nitrogens is 2. The molecule has 9 aromatic rings. The van der Waals surface area contributed by atoms with Crippen molar-refractivity contribution in [1.82, 2.24) is 9.97 Å². The predicted molar refractivity (Wildman–Crippen MR) is 314 cm³/mol. The molecule has 0 aliphatic carbocycles. The molecule has 2 aromatic heterocycles. The van der Waals surface area contributed by atoms with E-state index < -0.39 is 12.8 Å². The van der Waals surface area contributed by atoms with Gasteiger partial charge in [-0.2, -0.15) is 0 Å². The zero-order valence-corrected chi connectivity index (χ0v) is 48.2. The fraction of sp³-hybridized carbons (Fsp3) is 0.294. The van der Waals surface area contributed by atoms with Crippen LogP contribution in [-0.4, -0.2) is 21.4 Å². The lowest BCUT2D eigenvalue weighted by Crippen LogP contribution is -2.17. The molecule has 408 valence electrons. The van der Waals surface area contributed by atoms with Crippen LogP contribution >= 0.6 is 0 Å². The summed E-state index contributed by atoms with van der Waals surface area (Å²) < 4.78 is 63.7. The molecule has 0 saturated carbocycles. The Balaban J connectivity index is 0.000000237. The molecule has 77 heavy (non-hydrogen) atoms. The number of phenolic OH excluding ortho intramolecular Hbond substituents is 1. The third-order valence-corrected chi connectivity index (χ3v) is 12.4. The van der Waals surface area contributed by atoms with E-state index in [0.29, 0.717) is 22.8 Å². The van der Waals surface area contributed by atoms with Crippen molar-refractivity contribution in [3.63, 3.8) is 0 Å². The molecular formula is C68H79F5N2O2. The quantitative estimate of drug-likeness (QED) is 0.179. The summed E-state index contributed by atoms with van der Waals surface area (Å²) in [5.41, 5.74) is 19.4.